The SMILES string of the molecule is N#CC1(C#N)C(c2ccccc2F)OC23CCC(c4ccccc4)CC2C1(C#N)C(=N)O3. The molecule has 1 saturated carbocycles. The zero-order valence-corrected chi connectivity index (χ0v) is 17.1. The van der Waals surface area contributed by atoms with Crippen molar-refractivity contribution in [2.75, 3.05) is 0 Å². The third-order valence-electron chi connectivity index (χ3n) is 7.37. The van der Waals surface area contributed by atoms with Crippen LogP contribution in [0.5, 0.6) is 0 Å². The lowest BCUT2D eigenvalue weighted by Gasteiger charge is -2.52. The van der Waals surface area contributed by atoms with Gasteiger partial charge >= 0.3 is 0 Å². The van der Waals surface area contributed by atoms with Crippen molar-refractivity contribution in [3.63, 3.8) is 0 Å². The molecular weight excluding hydrogens is 407 g/mol. The van der Waals surface area contributed by atoms with Gasteiger partial charge < -0.3 is 9.47 Å². The van der Waals surface area contributed by atoms with Crippen molar-refractivity contribution in [2.45, 2.75) is 37.1 Å². The molecule has 0 aromatic heterocycles. The van der Waals surface area contributed by atoms with Crippen molar-refractivity contribution in [1.82, 2.24) is 0 Å². The predicted octanol–water partition coefficient (Wildman–Crippen LogP) is 4.73. The Labute approximate surface area is 184 Å². The first kappa shape index (κ1) is 20.2. The molecule has 2 aliphatic heterocycles. The Morgan fingerprint density at radius 3 is 2.31 bits per heavy atom. The zero-order valence-electron chi connectivity index (χ0n) is 17.1. The Balaban J connectivity index is 1.70. The van der Waals surface area contributed by atoms with E-state index in [1.807, 2.05) is 42.5 Å². The Morgan fingerprint density at radius 2 is 1.66 bits per heavy atom. The molecule has 0 amide bonds. The fraction of sp³-hybridized carbons (Fsp3) is 0.360. The summed E-state index contributed by atoms with van der Waals surface area (Å²) in [6.45, 7) is 0. The summed E-state index contributed by atoms with van der Waals surface area (Å²) in [5.74, 6) is -3.10. The van der Waals surface area contributed by atoms with Crippen molar-refractivity contribution in [2.24, 2.45) is 16.7 Å². The molecule has 32 heavy (non-hydrogen) atoms. The van der Waals surface area contributed by atoms with Gasteiger partial charge in [0, 0.05) is 12.0 Å². The standard InChI is InChI=1S/C25H19FN4O2/c26-19-9-5-4-8-18(19)21-23(13-27,14-28)24(15-29)20-12-17(16-6-2-1-3-7-16)10-11-25(20,31-21)32-22(24)30/h1-9,17,20-21,30H,10-12H2. The van der Waals surface area contributed by atoms with Crippen molar-refractivity contribution >= 4 is 5.90 Å². The summed E-state index contributed by atoms with van der Waals surface area (Å²) in [7, 11) is 0. The van der Waals surface area contributed by atoms with Crippen LogP contribution in [0, 0.1) is 62.0 Å². The number of halogens is 1. The summed E-state index contributed by atoms with van der Waals surface area (Å²) in [5.41, 5.74) is -2.94. The second-order valence-electron chi connectivity index (χ2n) is 8.65. The number of ether oxygens (including phenoxy) is 2. The molecule has 3 aliphatic rings. The van der Waals surface area contributed by atoms with Crippen LogP contribution >= 0.6 is 0 Å². The Morgan fingerprint density at radius 1 is 0.969 bits per heavy atom. The lowest BCUT2D eigenvalue weighted by atomic mass is 9.50. The number of rotatable bonds is 2. The van der Waals surface area contributed by atoms with Crippen molar-refractivity contribution in [3.8, 4) is 18.2 Å². The van der Waals surface area contributed by atoms with Crippen molar-refractivity contribution in [3.05, 3.63) is 71.5 Å². The maximum Gasteiger partial charge on any atom is 0.217 e. The number of hydrogen-bond acceptors (Lipinski definition) is 6. The van der Waals surface area contributed by atoms with Gasteiger partial charge in [-0.2, -0.15) is 15.8 Å². The van der Waals surface area contributed by atoms with Crippen LogP contribution in [-0.4, -0.2) is 11.7 Å². The highest BCUT2D eigenvalue weighted by Gasteiger charge is 2.81. The van der Waals surface area contributed by atoms with Crippen molar-refractivity contribution in [1.29, 1.82) is 21.2 Å². The maximum atomic E-state index is 14.8. The van der Waals surface area contributed by atoms with Gasteiger partial charge in [-0.05, 0) is 30.4 Å². The van der Waals surface area contributed by atoms with Crippen LogP contribution in [0.1, 0.15) is 42.4 Å². The van der Waals surface area contributed by atoms with Crippen molar-refractivity contribution < 1.29 is 13.9 Å². The third kappa shape index (κ3) is 2.31. The van der Waals surface area contributed by atoms with Crippen LogP contribution in [0.15, 0.2) is 54.6 Å². The highest BCUT2D eigenvalue weighted by atomic mass is 19.1. The van der Waals surface area contributed by atoms with Gasteiger partial charge in [0.05, 0.1) is 24.1 Å². The second kappa shape index (κ2) is 6.89. The molecule has 2 bridgehead atoms. The number of nitrogens with one attached hydrogen (secondary N) is 1. The van der Waals surface area contributed by atoms with Crippen LogP contribution in [0.2, 0.25) is 0 Å². The van der Waals surface area contributed by atoms with Gasteiger partial charge in [-0.25, -0.2) is 4.39 Å². The number of hydrogen-bond donors (Lipinski definition) is 1. The minimum Gasteiger partial charge on any atom is -0.447 e. The lowest BCUT2D eigenvalue weighted by Crippen LogP contribution is -2.61. The molecule has 0 radical (unpaired) electrons. The van der Waals surface area contributed by atoms with E-state index >= 15 is 0 Å². The molecule has 5 rings (SSSR count). The Bertz CT molecular complexity index is 1210. The topological polar surface area (TPSA) is 114 Å². The molecule has 7 heteroatoms. The molecule has 1 aliphatic carbocycles. The number of nitrogens with zero attached hydrogens (tertiary/aromatic N) is 3. The molecule has 1 N–H and O–H groups in total. The fourth-order valence-electron chi connectivity index (χ4n) is 5.83. The van der Waals surface area contributed by atoms with Crippen LogP contribution in [0.25, 0.3) is 0 Å². The summed E-state index contributed by atoms with van der Waals surface area (Å²) in [6.07, 6.45) is 0.0761. The van der Waals surface area contributed by atoms with Crippen LogP contribution < -0.4 is 0 Å². The molecule has 158 valence electrons. The number of benzene rings is 2. The van der Waals surface area contributed by atoms with E-state index in [0.29, 0.717) is 19.3 Å². The highest BCUT2D eigenvalue weighted by molar-refractivity contribution is 5.89. The summed E-state index contributed by atoms with van der Waals surface area (Å²) in [5, 5.41) is 39.7. The summed E-state index contributed by atoms with van der Waals surface area (Å²) in [4.78, 5) is 0. The lowest BCUT2D eigenvalue weighted by molar-refractivity contribution is -0.296. The predicted molar refractivity (Wildman–Crippen MR) is 110 cm³/mol. The molecule has 6 nitrogen and oxygen atoms in total. The van der Waals surface area contributed by atoms with E-state index in [-0.39, 0.29) is 11.5 Å². The van der Waals surface area contributed by atoms with Gasteiger partial charge in [0.1, 0.15) is 11.9 Å². The normalized spacial score (nSPS) is 34.3. The minimum absolute atomic E-state index is 0.0107. The first-order valence-corrected chi connectivity index (χ1v) is 10.5. The first-order chi connectivity index (χ1) is 15.5. The quantitative estimate of drug-likeness (QED) is 0.746. The van der Waals surface area contributed by atoms with E-state index in [4.69, 9.17) is 14.9 Å². The summed E-state index contributed by atoms with van der Waals surface area (Å²) < 4.78 is 27.1. The summed E-state index contributed by atoms with van der Waals surface area (Å²) in [6, 6.07) is 21.7. The molecule has 2 aromatic rings. The zero-order chi connectivity index (χ0) is 22.6. The molecule has 2 saturated heterocycles. The van der Waals surface area contributed by atoms with E-state index in [0.717, 1.165) is 5.56 Å². The Kier molecular flexibility index (Phi) is 4.35. The fourth-order valence-corrected chi connectivity index (χ4v) is 5.83. The van der Waals surface area contributed by atoms with Gasteiger partial charge in [-0.15, -0.1) is 0 Å². The molecule has 2 aromatic carbocycles. The second-order valence-corrected chi connectivity index (χ2v) is 8.65. The maximum absolute atomic E-state index is 14.8. The highest BCUT2D eigenvalue weighted by Crippen LogP contribution is 2.70. The van der Waals surface area contributed by atoms with E-state index in [1.54, 1.807) is 6.07 Å². The van der Waals surface area contributed by atoms with Crippen LogP contribution in [0.3, 0.4) is 0 Å². The average molecular weight is 426 g/mol. The molecule has 2 heterocycles. The molecule has 3 fully saturated rings. The minimum atomic E-state index is -2.15. The van der Waals surface area contributed by atoms with E-state index in [1.165, 1.54) is 18.2 Å². The average Bonchev–Trinajstić information content (AvgIpc) is 3.03. The smallest absolute Gasteiger partial charge is 0.217 e. The Hall–Kier alpha value is -3.73. The van der Waals surface area contributed by atoms with Crippen LogP contribution in [0.4, 0.5) is 4.39 Å². The van der Waals surface area contributed by atoms with Gasteiger partial charge in [-0.3, -0.25) is 5.41 Å². The van der Waals surface area contributed by atoms with E-state index in [9.17, 15) is 20.2 Å². The third-order valence-corrected chi connectivity index (χ3v) is 7.37. The van der Waals surface area contributed by atoms with Gasteiger partial charge in [0.2, 0.25) is 17.1 Å². The van der Waals surface area contributed by atoms with Gasteiger partial charge in [0.15, 0.2) is 5.41 Å². The van der Waals surface area contributed by atoms with E-state index < -0.39 is 40.4 Å². The van der Waals surface area contributed by atoms with Gasteiger partial charge in [-0.1, -0.05) is 48.5 Å². The monoisotopic (exact) mass is 426 g/mol. The molecular formula is C25H19FN4O2. The van der Waals surface area contributed by atoms with Gasteiger partial charge in [0.25, 0.3) is 0 Å². The van der Waals surface area contributed by atoms with E-state index in [2.05, 4.69) is 6.07 Å². The molecule has 5 unspecified atom stereocenters. The largest absolute Gasteiger partial charge is 0.447 e. The molecule has 0 spiro atoms. The summed E-state index contributed by atoms with van der Waals surface area (Å²) >= 11 is 0. The first-order valence-electron chi connectivity index (χ1n) is 10.5. The molecule has 5 atom stereocenters. The van der Waals surface area contributed by atoms with Crippen LogP contribution in [-0.2, 0) is 9.47 Å². The number of nitriles is 3.